The molecule has 11 heavy (non-hydrogen) atoms. The van der Waals surface area contributed by atoms with Gasteiger partial charge in [0.15, 0.2) is 0 Å². The minimum absolute atomic E-state index is 0.684. The van der Waals surface area contributed by atoms with Crippen LogP contribution in [0.4, 0.5) is 0 Å². The van der Waals surface area contributed by atoms with Crippen molar-refractivity contribution < 1.29 is 4.49 Å². The van der Waals surface area contributed by atoms with E-state index in [4.69, 9.17) is 0 Å². The van der Waals surface area contributed by atoms with E-state index in [9.17, 15) is 0 Å². The van der Waals surface area contributed by atoms with E-state index in [0.717, 1.165) is 5.92 Å². The summed E-state index contributed by atoms with van der Waals surface area (Å²) in [6.45, 7) is 4.38. The standard InChI is InChI=1S/C7H14BBr2N/c1-6(7-4-5-7)11(3)8(2,9)10/h7H,4-5H2,1-3H3/b11-6-. The molecule has 1 rings (SSSR count). The molecule has 0 bridgehead atoms. The smallest absolute Gasteiger partial charge is 0.391 e. The third kappa shape index (κ3) is 2.58. The van der Waals surface area contributed by atoms with E-state index >= 15 is 0 Å². The maximum atomic E-state index is 3.62. The molecular weight excluding hydrogens is 269 g/mol. The maximum Gasteiger partial charge on any atom is 0.391 e. The lowest BCUT2D eigenvalue weighted by molar-refractivity contribution is -0.351. The highest BCUT2D eigenvalue weighted by Gasteiger charge is 2.32. The molecule has 0 amide bonds. The zero-order valence-electron chi connectivity index (χ0n) is 7.27. The average molecular weight is 283 g/mol. The summed E-state index contributed by atoms with van der Waals surface area (Å²) in [5, 5.41) is 0. The number of hydrogen-bond acceptors (Lipinski definition) is 0. The third-order valence-corrected chi connectivity index (χ3v) is 3.63. The van der Waals surface area contributed by atoms with Gasteiger partial charge in [-0.05, 0) is 12.8 Å². The van der Waals surface area contributed by atoms with E-state index < -0.39 is 3.93 Å². The molecule has 0 aromatic heterocycles. The molecule has 0 N–H and O–H groups in total. The first-order valence-corrected chi connectivity index (χ1v) is 5.88. The molecular formula is C7H14BBr2N. The van der Waals surface area contributed by atoms with E-state index in [-0.39, 0.29) is 0 Å². The number of rotatable bonds is 2. The van der Waals surface area contributed by atoms with Gasteiger partial charge in [0.1, 0.15) is 5.71 Å². The van der Waals surface area contributed by atoms with E-state index in [1.165, 1.54) is 18.6 Å². The number of nitrogens with zero attached hydrogens (tertiary/aromatic N) is 1. The van der Waals surface area contributed by atoms with Crippen molar-refractivity contribution in [2.45, 2.75) is 26.6 Å². The molecule has 1 fully saturated rings. The fraction of sp³-hybridized carbons (Fsp3) is 0.857. The Labute approximate surface area is 85.1 Å². The molecule has 1 nitrogen and oxygen atoms in total. The molecule has 0 saturated heterocycles. The topological polar surface area (TPSA) is 3.01 Å². The molecule has 4 heteroatoms. The molecule has 1 aliphatic rings. The van der Waals surface area contributed by atoms with Gasteiger partial charge in [-0.15, -0.1) is 6.82 Å². The van der Waals surface area contributed by atoms with Crippen LogP contribution in [0.5, 0.6) is 0 Å². The van der Waals surface area contributed by atoms with Crippen molar-refractivity contribution in [2.24, 2.45) is 5.92 Å². The summed E-state index contributed by atoms with van der Waals surface area (Å²) in [6, 6.07) is 0. The van der Waals surface area contributed by atoms with Crippen molar-refractivity contribution in [3.8, 4) is 0 Å². The van der Waals surface area contributed by atoms with Crippen molar-refractivity contribution in [3.05, 3.63) is 0 Å². The minimum atomic E-state index is -0.684. The highest BCUT2D eigenvalue weighted by atomic mass is 79.9. The van der Waals surface area contributed by atoms with Crippen LogP contribution in [0.2, 0.25) is 6.82 Å². The maximum absolute atomic E-state index is 3.62. The fourth-order valence-electron chi connectivity index (χ4n) is 1.15. The molecule has 0 atom stereocenters. The second-order valence-electron chi connectivity index (χ2n) is 3.50. The lowest BCUT2D eigenvalue weighted by Gasteiger charge is -2.20. The fourth-order valence-corrected chi connectivity index (χ4v) is 1.79. The predicted molar refractivity (Wildman–Crippen MR) is 59.1 cm³/mol. The van der Waals surface area contributed by atoms with Crippen molar-refractivity contribution in [3.63, 3.8) is 0 Å². The van der Waals surface area contributed by atoms with Gasteiger partial charge in [0.05, 0.1) is 7.05 Å². The zero-order chi connectivity index (χ0) is 8.65. The van der Waals surface area contributed by atoms with E-state index in [0.29, 0.717) is 0 Å². The Morgan fingerprint density at radius 2 is 1.91 bits per heavy atom. The van der Waals surface area contributed by atoms with Gasteiger partial charge >= 0.3 is 3.93 Å². The van der Waals surface area contributed by atoms with Crippen LogP contribution in [0.15, 0.2) is 0 Å². The van der Waals surface area contributed by atoms with Gasteiger partial charge in [0, 0.05) is 12.8 Å². The van der Waals surface area contributed by atoms with Crippen molar-refractivity contribution >= 4 is 41.2 Å². The summed E-state index contributed by atoms with van der Waals surface area (Å²) in [7, 11) is 2.14. The summed E-state index contributed by atoms with van der Waals surface area (Å²) >= 11 is 7.25. The molecule has 0 aromatic rings. The summed E-state index contributed by atoms with van der Waals surface area (Å²) in [4.78, 5) is 0. The molecule has 0 radical (unpaired) electrons. The third-order valence-electron chi connectivity index (χ3n) is 2.40. The molecule has 64 valence electrons. The normalized spacial score (nSPS) is 21.5. The van der Waals surface area contributed by atoms with Crippen LogP contribution < -0.4 is 0 Å². The summed E-state index contributed by atoms with van der Waals surface area (Å²) < 4.78 is 1.62. The van der Waals surface area contributed by atoms with Crippen LogP contribution >= 0.6 is 31.5 Å². The van der Waals surface area contributed by atoms with Crippen LogP contribution in [0, 0.1) is 5.92 Å². The second kappa shape index (κ2) is 3.21. The van der Waals surface area contributed by atoms with Crippen molar-refractivity contribution in [2.75, 3.05) is 7.05 Å². The zero-order valence-corrected chi connectivity index (χ0v) is 10.4. The van der Waals surface area contributed by atoms with Crippen molar-refractivity contribution in [1.29, 1.82) is 0 Å². The summed E-state index contributed by atoms with van der Waals surface area (Å²) in [6.07, 6.45) is 2.75. The van der Waals surface area contributed by atoms with Gasteiger partial charge in [0.25, 0.3) is 0 Å². The minimum Gasteiger partial charge on any atom is -0.442 e. The van der Waals surface area contributed by atoms with Crippen molar-refractivity contribution in [1.82, 2.24) is 0 Å². The average Bonchev–Trinajstić information content (AvgIpc) is 2.63. The predicted octanol–water partition coefficient (Wildman–Crippen LogP) is 2.86. The summed E-state index contributed by atoms with van der Waals surface area (Å²) in [5.41, 5.74) is 1.50. The van der Waals surface area contributed by atoms with Crippen LogP contribution in [0.3, 0.4) is 0 Å². The molecule has 1 saturated carbocycles. The Balaban J connectivity index is 2.76. The van der Waals surface area contributed by atoms with Gasteiger partial charge in [-0.3, -0.25) is 31.5 Å². The molecule has 0 aliphatic heterocycles. The first-order chi connectivity index (χ1) is 4.93. The summed E-state index contributed by atoms with van der Waals surface area (Å²) in [5.74, 6) is 0.858. The van der Waals surface area contributed by atoms with E-state index in [1.807, 2.05) is 0 Å². The SMILES string of the molecule is C/C(C1CC1)=[N+](\C)[B-](C)(Br)Br. The Morgan fingerprint density at radius 1 is 1.45 bits per heavy atom. The molecule has 0 heterocycles. The monoisotopic (exact) mass is 281 g/mol. The molecule has 1 aliphatic carbocycles. The quantitative estimate of drug-likeness (QED) is 0.541. The highest BCUT2D eigenvalue weighted by Crippen LogP contribution is 2.32. The van der Waals surface area contributed by atoms with E-state index in [2.05, 4.69) is 56.8 Å². The Kier molecular flexibility index (Phi) is 2.85. The highest BCUT2D eigenvalue weighted by molar-refractivity contribution is 9.50. The molecule has 0 spiro atoms. The van der Waals surface area contributed by atoms with Gasteiger partial charge in [0.2, 0.25) is 0 Å². The van der Waals surface area contributed by atoms with Gasteiger partial charge in [-0.2, -0.15) is 0 Å². The first kappa shape index (κ1) is 9.78. The van der Waals surface area contributed by atoms with Crippen LogP contribution in [0.1, 0.15) is 19.8 Å². The van der Waals surface area contributed by atoms with Gasteiger partial charge in [-0.25, -0.2) is 0 Å². The van der Waals surface area contributed by atoms with Crippen LogP contribution in [0.25, 0.3) is 0 Å². The molecule has 0 aromatic carbocycles. The van der Waals surface area contributed by atoms with Gasteiger partial charge < -0.3 is 4.49 Å². The van der Waals surface area contributed by atoms with Gasteiger partial charge in [-0.1, -0.05) is 0 Å². The number of halogens is 2. The lowest BCUT2D eigenvalue weighted by atomic mass is 9.96. The largest absolute Gasteiger partial charge is 0.442 e. The second-order valence-corrected chi connectivity index (χ2v) is 8.29. The van der Waals surface area contributed by atoms with Crippen LogP contribution in [-0.4, -0.2) is 21.2 Å². The lowest BCUT2D eigenvalue weighted by Crippen LogP contribution is -2.34. The first-order valence-electron chi connectivity index (χ1n) is 4.05. The Hall–Kier alpha value is 0.695. The van der Waals surface area contributed by atoms with Crippen LogP contribution in [-0.2, 0) is 0 Å². The Bertz CT molecular complexity index is 191. The number of hydrogen-bond donors (Lipinski definition) is 0. The Morgan fingerprint density at radius 3 is 2.18 bits per heavy atom. The van der Waals surface area contributed by atoms with E-state index in [1.54, 1.807) is 0 Å². The molecule has 0 unspecified atom stereocenters.